The molecule has 17 heavy (non-hydrogen) atoms. The highest BCUT2D eigenvalue weighted by molar-refractivity contribution is 5.81. The summed E-state index contributed by atoms with van der Waals surface area (Å²) in [7, 11) is 0. The SMILES string of the molecule is CCC1CCC(C(=O)CCN(CC)CC)CC1. The average molecular weight is 239 g/mol. The van der Waals surface area contributed by atoms with E-state index in [0.717, 1.165) is 44.8 Å². The van der Waals surface area contributed by atoms with Crippen LogP contribution in [0, 0.1) is 11.8 Å². The summed E-state index contributed by atoms with van der Waals surface area (Å²) < 4.78 is 0. The number of ketones is 1. The lowest BCUT2D eigenvalue weighted by molar-refractivity contribution is -0.124. The normalized spacial score (nSPS) is 25.2. The van der Waals surface area contributed by atoms with E-state index in [4.69, 9.17) is 0 Å². The molecule has 0 aromatic heterocycles. The lowest BCUT2D eigenvalue weighted by Gasteiger charge is -2.27. The molecule has 0 atom stereocenters. The van der Waals surface area contributed by atoms with E-state index in [-0.39, 0.29) is 0 Å². The van der Waals surface area contributed by atoms with E-state index in [9.17, 15) is 4.79 Å². The van der Waals surface area contributed by atoms with Crippen LogP contribution in [0.3, 0.4) is 0 Å². The van der Waals surface area contributed by atoms with Gasteiger partial charge in [-0.25, -0.2) is 0 Å². The first kappa shape index (κ1) is 14.7. The Kier molecular flexibility index (Phi) is 6.79. The van der Waals surface area contributed by atoms with Crippen LogP contribution in [0.15, 0.2) is 0 Å². The van der Waals surface area contributed by atoms with E-state index in [2.05, 4.69) is 25.7 Å². The number of rotatable bonds is 7. The fourth-order valence-electron chi connectivity index (χ4n) is 2.90. The Morgan fingerprint density at radius 1 is 1.06 bits per heavy atom. The summed E-state index contributed by atoms with van der Waals surface area (Å²) >= 11 is 0. The van der Waals surface area contributed by atoms with Crippen LogP contribution in [0.25, 0.3) is 0 Å². The second-order valence-electron chi connectivity index (χ2n) is 5.37. The first-order chi connectivity index (χ1) is 8.21. The quantitative estimate of drug-likeness (QED) is 0.677. The molecule has 100 valence electrons. The molecule has 0 aliphatic heterocycles. The molecule has 0 aromatic rings. The molecule has 0 aromatic carbocycles. The zero-order valence-electron chi connectivity index (χ0n) is 11.9. The summed E-state index contributed by atoms with van der Waals surface area (Å²) in [6.45, 7) is 9.69. The van der Waals surface area contributed by atoms with Gasteiger partial charge in [-0.2, -0.15) is 0 Å². The van der Waals surface area contributed by atoms with E-state index >= 15 is 0 Å². The third kappa shape index (κ3) is 4.79. The minimum Gasteiger partial charge on any atom is -0.303 e. The van der Waals surface area contributed by atoms with Crippen LogP contribution in [0.4, 0.5) is 0 Å². The van der Waals surface area contributed by atoms with Crippen LogP contribution in [0.1, 0.15) is 59.3 Å². The monoisotopic (exact) mass is 239 g/mol. The van der Waals surface area contributed by atoms with Gasteiger partial charge in [-0.3, -0.25) is 4.79 Å². The van der Waals surface area contributed by atoms with Crippen molar-refractivity contribution in [1.29, 1.82) is 0 Å². The van der Waals surface area contributed by atoms with E-state index in [1.807, 2.05) is 0 Å². The number of nitrogens with zero attached hydrogens (tertiary/aromatic N) is 1. The standard InChI is InChI=1S/C15H29NO/c1-4-13-7-9-14(10-8-13)15(17)11-12-16(5-2)6-3/h13-14H,4-12H2,1-3H3. The molecule has 1 saturated carbocycles. The number of Topliss-reactive ketones (excluding diaryl/α,β-unsaturated/α-hetero) is 1. The second-order valence-corrected chi connectivity index (χ2v) is 5.37. The molecule has 0 N–H and O–H groups in total. The smallest absolute Gasteiger partial charge is 0.137 e. The molecule has 0 bridgehead atoms. The van der Waals surface area contributed by atoms with Gasteiger partial charge in [0.1, 0.15) is 5.78 Å². The highest BCUT2D eigenvalue weighted by Gasteiger charge is 2.25. The van der Waals surface area contributed by atoms with Crippen molar-refractivity contribution in [3.63, 3.8) is 0 Å². The van der Waals surface area contributed by atoms with Crippen LogP contribution in [-0.2, 0) is 4.79 Å². The van der Waals surface area contributed by atoms with E-state index < -0.39 is 0 Å². The third-order valence-corrected chi connectivity index (χ3v) is 4.45. The van der Waals surface area contributed by atoms with Gasteiger partial charge in [0.25, 0.3) is 0 Å². The van der Waals surface area contributed by atoms with Crippen LogP contribution in [-0.4, -0.2) is 30.3 Å². The minimum absolute atomic E-state index is 0.383. The zero-order valence-corrected chi connectivity index (χ0v) is 11.9. The number of carbonyl (C=O) groups is 1. The van der Waals surface area contributed by atoms with Gasteiger partial charge in [0.15, 0.2) is 0 Å². The maximum atomic E-state index is 12.1. The largest absolute Gasteiger partial charge is 0.303 e. The maximum absolute atomic E-state index is 12.1. The maximum Gasteiger partial charge on any atom is 0.137 e. The predicted molar refractivity (Wildman–Crippen MR) is 73.2 cm³/mol. The van der Waals surface area contributed by atoms with Gasteiger partial charge in [-0.1, -0.05) is 27.2 Å². The van der Waals surface area contributed by atoms with Crippen LogP contribution < -0.4 is 0 Å². The third-order valence-electron chi connectivity index (χ3n) is 4.45. The molecular formula is C15H29NO. The van der Waals surface area contributed by atoms with Gasteiger partial charge in [-0.15, -0.1) is 0 Å². The summed E-state index contributed by atoms with van der Waals surface area (Å²) in [4.78, 5) is 14.4. The molecule has 1 fully saturated rings. The van der Waals surface area contributed by atoms with Gasteiger partial charge in [-0.05, 0) is 44.7 Å². The Hall–Kier alpha value is -0.370. The molecule has 2 nitrogen and oxygen atoms in total. The molecule has 2 heteroatoms. The lowest BCUT2D eigenvalue weighted by Crippen LogP contribution is -2.29. The van der Waals surface area contributed by atoms with E-state index in [1.165, 1.54) is 19.3 Å². The topological polar surface area (TPSA) is 20.3 Å². The highest BCUT2D eigenvalue weighted by atomic mass is 16.1. The molecular weight excluding hydrogens is 210 g/mol. The zero-order chi connectivity index (χ0) is 12.7. The van der Waals surface area contributed by atoms with E-state index in [1.54, 1.807) is 0 Å². The Morgan fingerprint density at radius 2 is 1.65 bits per heavy atom. The van der Waals surface area contributed by atoms with Crippen LogP contribution in [0.2, 0.25) is 0 Å². The number of carbonyl (C=O) groups excluding carboxylic acids is 1. The molecule has 1 aliphatic carbocycles. The molecule has 0 unspecified atom stereocenters. The fourth-order valence-corrected chi connectivity index (χ4v) is 2.90. The molecule has 1 rings (SSSR count). The van der Waals surface area contributed by atoms with Crippen LogP contribution >= 0.6 is 0 Å². The summed E-state index contributed by atoms with van der Waals surface area (Å²) in [5, 5.41) is 0. The van der Waals surface area contributed by atoms with E-state index in [0.29, 0.717) is 11.7 Å². The predicted octanol–water partition coefficient (Wildman–Crippen LogP) is 3.50. The fraction of sp³-hybridized carbons (Fsp3) is 0.933. The van der Waals surface area contributed by atoms with Crippen molar-refractivity contribution in [2.24, 2.45) is 11.8 Å². The Bertz CT molecular complexity index is 215. The Morgan fingerprint density at radius 3 is 2.12 bits per heavy atom. The molecule has 1 aliphatic rings. The van der Waals surface area contributed by atoms with Crippen molar-refractivity contribution in [2.75, 3.05) is 19.6 Å². The Labute approximate surface area is 107 Å². The number of hydrogen-bond donors (Lipinski definition) is 0. The molecule has 0 spiro atoms. The van der Waals surface area contributed by atoms with Crippen molar-refractivity contribution in [3.8, 4) is 0 Å². The van der Waals surface area contributed by atoms with Crippen molar-refractivity contribution in [2.45, 2.75) is 59.3 Å². The minimum atomic E-state index is 0.383. The van der Waals surface area contributed by atoms with Crippen molar-refractivity contribution in [1.82, 2.24) is 4.90 Å². The van der Waals surface area contributed by atoms with Gasteiger partial charge in [0, 0.05) is 18.9 Å². The molecule has 0 heterocycles. The summed E-state index contributed by atoms with van der Waals surface area (Å²) in [5.41, 5.74) is 0. The highest BCUT2D eigenvalue weighted by Crippen LogP contribution is 2.31. The molecule has 0 radical (unpaired) electrons. The second kappa shape index (κ2) is 7.86. The van der Waals surface area contributed by atoms with Gasteiger partial charge >= 0.3 is 0 Å². The van der Waals surface area contributed by atoms with Crippen molar-refractivity contribution in [3.05, 3.63) is 0 Å². The van der Waals surface area contributed by atoms with Gasteiger partial charge in [0.05, 0.1) is 0 Å². The van der Waals surface area contributed by atoms with Gasteiger partial charge < -0.3 is 4.90 Å². The van der Waals surface area contributed by atoms with Gasteiger partial charge in [0.2, 0.25) is 0 Å². The first-order valence-electron chi connectivity index (χ1n) is 7.46. The lowest BCUT2D eigenvalue weighted by atomic mass is 9.78. The summed E-state index contributed by atoms with van der Waals surface area (Å²) in [6, 6.07) is 0. The average Bonchev–Trinajstić information content (AvgIpc) is 2.39. The summed E-state index contributed by atoms with van der Waals surface area (Å²) in [5.74, 6) is 1.79. The van der Waals surface area contributed by atoms with Crippen molar-refractivity contribution < 1.29 is 4.79 Å². The molecule has 0 saturated heterocycles. The van der Waals surface area contributed by atoms with Crippen LogP contribution in [0.5, 0.6) is 0 Å². The Balaban J connectivity index is 2.24. The molecule has 0 amide bonds. The summed E-state index contributed by atoms with van der Waals surface area (Å²) in [6.07, 6.45) is 6.91. The first-order valence-corrected chi connectivity index (χ1v) is 7.46. The number of hydrogen-bond acceptors (Lipinski definition) is 2. The van der Waals surface area contributed by atoms with Crippen molar-refractivity contribution >= 4 is 5.78 Å².